The standard InChI is InChI=1S/C27H31F3N2O3/c1-2-3-15-31-16-14-24(19-4-8-22(9-5-19)32-25(33)12-13-26(32)34)20(17-31)18-35-23-10-6-21(7-11-23)27(28,29)30/h4-11,20,24H,2-3,12-18H2,1H3/t20-,24-/m1/s1. The zero-order chi connectivity index (χ0) is 25.0. The van der Waals surface area contributed by atoms with E-state index < -0.39 is 11.7 Å². The van der Waals surface area contributed by atoms with Gasteiger partial charge in [0.2, 0.25) is 11.8 Å². The molecule has 2 heterocycles. The maximum atomic E-state index is 12.9. The van der Waals surface area contributed by atoms with Crippen LogP contribution in [0.4, 0.5) is 18.9 Å². The Hall–Kier alpha value is -2.87. The van der Waals surface area contributed by atoms with Crippen LogP contribution in [0.3, 0.4) is 0 Å². The average Bonchev–Trinajstić information content (AvgIpc) is 3.19. The van der Waals surface area contributed by atoms with Crippen molar-refractivity contribution < 1.29 is 27.5 Å². The molecule has 0 N–H and O–H groups in total. The van der Waals surface area contributed by atoms with Crippen LogP contribution in [0.15, 0.2) is 48.5 Å². The Bertz CT molecular complexity index is 1010. The number of amides is 2. The number of unbranched alkanes of at least 4 members (excludes halogenated alkanes) is 1. The highest BCUT2D eigenvalue weighted by atomic mass is 19.4. The third kappa shape index (κ3) is 6.04. The minimum Gasteiger partial charge on any atom is -0.493 e. The Labute approximate surface area is 203 Å². The van der Waals surface area contributed by atoms with E-state index in [2.05, 4.69) is 11.8 Å². The molecule has 2 aliphatic rings. The van der Waals surface area contributed by atoms with Crippen LogP contribution in [0, 0.1) is 5.92 Å². The lowest BCUT2D eigenvalue weighted by atomic mass is 9.80. The second-order valence-corrected chi connectivity index (χ2v) is 9.36. The number of likely N-dealkylation sites (tertiary alicyclic amines) is 1. The summed E-state index contributed by atoms with van der Waals surface area (Å²) < 4.78 is 44.5. The summed E-state index contributed by atoms with van der Waals surface area (Å²) >= 11 is 0. The van der Waals surface area contributed by atoms with Crippen molar-refractivity contribution in [3.63, 3.8) is 0 Å². The van der Waals surface area contributed by atoms with Crippen molar-refractivity contribution in [3.05, 3.63) is 59.7 Å². The van der Waals surface area contributed by atoms with Gasteiger partial charge in [0, 0.05) is 25.3 Å². The smallest absolute Gasteiger partial charge is 0.416 e. The maximum absolute atomic E-state index is 12.9. The van der Waals surface area contributed by atoms with Crippen LogP contribution in [0.2, 0.25) is 0 Å². The summed E-state index contributed by atoms with van der Waals surface area (Å²) in [6.07, 6.45) is -0.707. The monoisotopic (exact) mass is 488 g/mol. The van der Waals surface area contributed by atoms with Crippen molar-refractivity contribution >= 4 is 17.5 Å². The second kappa shape index (κ2) is 10.8. The molecular formula is C27H31F3N2O3. The first-order valence-electron chi connectivity index (χ1n) is 12.2. The van der Waals surface area contributed by atoms with Gasteiger partial charge in [0.1, 0.15) is 5.75 Å². The number of carbonyl (C=O) groups excluding carboxylic acids is 2. The molecule has 35 heavy (non-hydrogen) atoms. The molecule has 8 heteroatoms. The number of ether oxygens (including phenoxy) is 1. The van der Waals surface area contributed by atoms with Crippen molar-refractivity contribution in [2.75, 3.05) is 31.1 Å². The van der Waals surface area contributed by atoms with Crippen molar-refractivity contribution in [1.29, 1.82) is 0 Å². The third-order valence-corrected chi connectivity index (χ3v) is 6.92. The van der Waals surface area contributed by atoms with Crippen LogP contribution >= 0.6 is 0 Å². The molecular weight excluding hydrogens is 457 g/mol. The lowest BCUT2D eigenvalue weighted by Gasteiger charge is -2.39. The first kappa shape index (κ1) is 25.2. The number of rotatable bonds is 8. The molecule has 0 aromatic heterocycles. The summed E-state index contributed by atoms with van der Waals surface area (Å²) in [5.41, 5.74) is 1.02. The molecule has 5 nitrogen and oxygen atoms in total. The zero-order valence-electron chi connectivity index (χ0n) is 19.9. The van der Waals surface area contributed by atoms with Crippen LogP contribution < -0.4 is 9.64 Å². The number of anilines is 1. The Morgan fingerprint density at radius 3 is 2.23 bits per heavy atom. The molecule has 2 saturated heterocycles. The van der Waals surface area contributed by atoms with Gasteiger partial charge in [-0.3, -0.25) is 14.5 Å². The Kier molecular flexibility index (Phi) is 7.79. The number of halogens is 3. The first-order valence-corrected chi connectivity index (χ1v) is 12.2. The largest absolute Gasteiger partial charge is 0.493 e. The number of carbonyl (C=O) groups is 2. The molecule has 2 aromatic rings. The molecule has 2 fully saturated rings. The number of benzene rings is 2. The summed E-state index contributed by atoms with van der Waals surface area (Å²) in [6.45, 7) is 5.37. The molecule has 0 bridgehead atoms. The van der Waals surface area contributed by atoms with Crippen LogP contribution in [-0.2, 0) is 15.8 Å². The molecule has 0 radical (unpaired) electrons. The Morgan fingerprint density at radius 2 is 1.63 bits per heavy atom. The lowest BCUT2D eigenvalue weighted by Crippen LogP contribution is -2.42. The predicted octanol–water partition coefficient (Wildman–Crippen LogP) is 5.64. The van der Waals surface area contributed by atoms with E-state index in [1.165, 1.54) is 17.0 Å². The van der Waals surface area contributed by atoms with Crippen molar-refractivity contribution in [2.24, 2.45) is 5.92 Å². The highest BCUT2D eigenvalue weighted by molar-refractivity contribution is 6.19. The molecule has 4 rings (SSSR count). The molecule has 2 aliphatic heterocycles. The average molecular weight is 489 g/mol. The summed E-state index contributed by atoms with van der Waals surface area (Å²) in [7, 11) is 0. The topological polar surface area (TPSA) is 49.9 Å². The maximum Gasteiger partial charge on any atom is 0.416 e. The van der Waals surface area contributed by atoms with E-state index in [9.17, 15) is 22.8 Å². The molecule has 0 unspecified atom stereocenters. The van der Waals surface area contributed by atoms with Gasteiger partial charge in [-0.05, 0) is 73.8 Å². The van der Waals surface area contributed by atoms with Crippen molar-refractivity contribution in [3.8, 4) is 5.75 Å². The predicted molar refractivity (Wildman–Crippen MR) is 127 cm³/mol. The fourth-order valence-electron chi connectivity index (χ4n) is 4.98. The number of alkyl halides is 3. The molecule has 188 valence electrons. The summed E-state index contributed by atoms with van der Waals surface area (Å²) in [4.78, 5) is 27.8. The van der Waals surface area contributed by atoms with Gasteiger partial charge in [-0.1, -0.05) is 25.5 Å². The molecule has 2 amide bonds. The first-order chi connectivity index (χ1) is 16.8. The molecule has 0 aliphatic carbocycles. The van der Waals surface area contributed by atoms with Crippen LogP contribution in [-0.4, -0.2) is 43.0 Å². The van der Waals surface area contributed by atoms with Crippen LogP contribution in [0.25, 0.3) is 0 Å². The van der Waals surface area contributed by atoms with E-state index in [1.807, 2.05) is 24.3 Å². The third-order valence-electron chi connectivity index (χ3n) is 6.92. The normalized spacial score (nSPS) is 21.5. The fourth-order valence-corrected chi connectivity index (χ4v) is 4.98. The molecule has 2 aromatic carbocycles. The van der Waals surface area contributed by atoms with Gasteiger partial charge in [0.15, 0.2) is 0 Å². The van der Waals surface area contributed by atoms with Gasteiger partial charge >= 0.3 is 6.18 Å². The summed E-state index contributed by atoms with van der Waals surface area (Å²) in [5.74, 6) is 0.443. The lowest BCUT2D eigenvalue weighted by molar-refractivity contribution is -0.137. The van der Waals surface area contributed by atoms with Crippen molar-refractivity contribution in [2.45, 2.75) is 51.1 Å². The van der Waals surface area contributed by atoms with E-state index >= 15 is 0 Å². The number of hydrogen-bond donors (Lipinski definition) is 0. The van der Waals surface area contributed by atoms with Gasteiger partial charge < -0.3 is 9.64 Å². The Morgan fingerprint density at radius 1 is 0.971 bits per heavy atom. The number of piperidine rings is 1. The number of nitrogens with zero attached hydrogens (tertiary/aromatic N) is 2. The van der Waals surface area contributed by atoms with Crippen LogP contribution in [0.5, 0.6) is 5.75 Å². The fraction of sp³-hybridized carbons (Fsp3) is 0.481. The van der Waals surface area contributed by atoms with Gasteiger partial charge in [0.25, 0.3) is 0 Å². The number of imide groups is 1. The summed E-state index contributed by atoms with van der Waals surface area (Å²) in [5, 5.41) is 0. The van der Waals surface area contributed by atoms with Gasteiger partial charge in [-0.2, -0.15) is 13.2 Å². The molecule has 0 spiro atoms. The van der Waals surface area contributed by atoms with Crippen molar-refractivity contribution in [1.82, 2.24) is 4.90 Å². The highest BCUT2D eigenvalue weighted by Crippen LogP contribution is 2.36. The van der Waals surface area contributed by atoms with Gasteiger partial charge in [0.05, 0.1) is 17.9 Å². The minimum atomic E-state index is -4.37. The quantitative estimate of drug-likeness (QED) is 0.451. The van der Waals surface area contributed by atoms with Gasteiger partial charge in [-0.25, -0.2) is 0 Å². The van der Waals surface area contributed by atoms with Gasteiger partial charge in [-0.15, -0.1) is 0 Å². The highest BCUT2D eigenvalue weighted by Gasteiger charge is 2.33. The van der Waals surface area contributed by atoms with E-state index in [-0.39, 0.29) is 36.5 Å². The second-order valence-electron chi connectivity index (χ2n) is 9.36. The SMILES string of the molecule is CCCCN1CC[C@H](c2ccc(N3C(=O)CCC3=O)cc2)[C@@H](COc2ccc(C(F)(F)F)cc2)C1. The van der Waals surface area contributed by atoms with E-state index in [0.717, 1.165) is 56.6 Å². The summed E-state index contributed by atoms with van der Waals surface area (Å²) in [6, 6.07) is 12.4. The van der Waals surface area contributed by atoms with E-state index in [4.69, 9.17) is 4.74 Å². The number of hydrogen-bond acceptors (Lipinski definition) is 4. The zero-order valence-corrected chi connectivity index (χ0v) is 19.9. The van der Waals surface area contributed by atoms with E-state index in [0.29, 0.717) is 18.0 Å². The Balaban J connectivity index is 1.47. The van der Waals surface area contributed by atoms with Crippen LogP contribution in [0.1, 0.15) is 56.1 Å². The molecule has 0 saturated carbocycles. The molecule has 2 atom stereocenters. The minimum absolute atomic E-state index is 0.156. The van der Waals surface area contributed by atoms with E-state index in [1.54, 1.807) is 0 Å².